The Morgan fingerprint density at radius 1 is 1.19 bits per heavy atom. The molecule has 0 fully saturated rings. The van der Waals surface area contributed by atoms with E-state index in [4.69, 9.17) is 39.8 Å². The van der Waals surface area contributed by atoms with Crippen LogP contribution >= 0.6 is 46.8 Å². The lowest BCUT2D eigenvalue weighted by Gasteiger charge is -2.05. The molecule has 0 radical (unpaired) electrons. The number of furan rings is 1. The van der Waals surface area contributed by atoms with Gasteiger partial charge < -0.3 is 9.73 Å². The molecule has 0 saturated heterocycles. The average molecular weight is 422 g/mol. The number of rotatable bonds is 2. The van der Waals surface area contributed by atoms with Crippen LogP contribution in [0.2, 0.25) is 10.0 Å². The zero-order valence-electron chi connectivity index (χ0n) is 12.9. The van der Waals surface area contributed by atoms with Gasteiger partial charge in [-0.05, 0) is 36.5 Å². The Morgan fingerprint density at radius 2 is 2.00 bits per heavy atom. The fourth-order valence-corrected chi connectivity index (χ4v) is 3.93. The molecule has 2 aromatic carbocycles. The maximum absolute atomic E-state index is 12.3. The molecule has 0 aliphatic rings. The first kappa shape index (κ1) is 17.2. The molecule has 130 valence electrons. The maximum Gasteiger partial charge on any atom is 0.293 e. The number of halogens is 2. The summed E-state index contributed by atoms with van der Waals surface area (Å²) < 4.78 is 6.37. The lowest BCUT2D eigenvalue weighted by Crippen LogP contribution is -2.33. The molecule has 2 N–H and O–H groups in total. The molecule has 9 heteroatoms. The zero-order valence-corrected chi connectivity index (χ0v) is 16.0. The monoisotopic (exact) mass is 421 g/mol. The lowest BCUT2D eigenvalue weighted by atomic mass is 10.2. The van der Waals surface area contributed by atoms with E-state index < -0.39 is 5.91 Å². The highest BCUT2D eigenvalue weighted by atomic mass is 35.5. The summed E-state index contributed by atoms with van der Waals surface area (Å²) >= 11 is 18.7. The molecule has 0 saturated carbocycles. The standard InChI is InChI=1S/C17H9Cl2N3O2S2/c18-9-5-6-12-14(13(9)19)20-17(26-12)22-16(25)21-15(23)11-7-8-3-1-2-4-10(8)24-11/h1-7H,(H2,20,21,22,23,25). The van der Waals surface area contributed by atoms with Crippen LogP contribution in [-0.4, -0.2) is 16.0 Å². The molecule has 2 heterocycles. The highest BCUT2D eigenvalue weighted by Gasteiger charge is 2.15. The summed E-state index contributed by atoms with van der Waals surface area (Å²) in [6, 6.07) is 12.5. The number of nitrogens with zero attached hydrogens (tertiary/aromatic N) is 1. The van der Waals surface area contributed by atoms with Crippen molar-refractivity contribution in [1.82, 2.24) is 10.3 Å². The molecule has 2 aromatic heterocycles. The maximum atomic E-state index is 12.3. The summed E-state index contributed by atoms with van der Waals surface area (Å²) in [5.41, 5.74) is 1.22. The van der Waals surface area contributed by atoms with Gasteiger partial charge in [0.05, 0.1) is 14.7 Å². The number of thiocarbonyl (C=S) groups is 1. The van der Waals surface area contributed by atoms with Crippen molar-refractivity contribution in [2.75, 3.05) is 5.32 Å². The van der Waals surface area contributed by atoms with Gasteiger partial charge >= 0.3 is 0 Å². The third kappa shape index (κ3) is 3.26. The number of nitrogens with one attached hydrogen (secondary N) is 2. The Balaban J connectivity index is 1.49. The number of fused-ring (bicyclic) bond motifs is 2. The van der Waals surface area contributed by atoms with Crippen LogP contribution in [0.4, 0.5) is 5.13 Å². The quantitative estimate of drug-likeness (QED) is 0.419. The average Bonchev–Trinajstić information content (AvgIpc) is 3.22. The Morgan fingerprint density at radius 3 is 2.81 bits per heavy atom. The van der Waals surface area contributed by atoms with Crippen LogP contribution < -0.4 is 10.6 Å². The molecule has 4 rings (SSSR count). The van der Waals surface area contributed by atoms with Crippen LogP contribution in [0.25, 0.3) is 21.2 Å². The first-order chi connectivity index (χ1) is 12.5. The van der Waals surface area contributed by atoms with Gasteiger partial charge in [-0.3, -0.25) is 10.1 Å². The van der Waals surface area contributed by atoms with Crippen LogP contribution in [0.15, 0.2) is 46.9 Å². The van der Waals surface area contributed by atoms with Crippen LogP contribution in [0, 0.1) is 0 Å². The fourth-order valence-electron chi connectivity index (χ4n) is 2.38. The van der Waals surface area contributed by atoms with Gasteiger partial charge in [-0.2, -0.15) is 0 Å². The van der Waals surface area contributed by atoms with E-state index in [1.807, 2.05) is 24.3 Å². The van der Waals surface area contributed by atoms with Gasteiger partial charge in [-0.25, -0.2) is 4.98 Å². The topological polar surface area (TPSA) is 67.2 Å². The number of anilines is 1. The first-order valence-electron chi connectivity index (χ1n) is 7.37. The number of thiazole rings is 1. The second kappa shape index (κ2) is 6.85. The number of aromatic nitrogens is 1. The van der Waals surface area contributed by atoms with E-state index in [2.05, 4.69) is 15.6 Å². The zero-order chi connectivity index (χ0) is 18.3. The van der Waals surface area contributed by atoms with E-state index >= 15 is 0 Å². The second-order valence-corrected chi connectivity index (χ2v) is 7.51. The molecule has 26 heavy (non-hydrogen) atoms. The van der Waals surface area contributed by atoms with Crippen LogP contribution in [0.3, 0.4) is 0 Å². The van der Waals surface area contributed by atoms with Gasteiger partial charge in [0.2, 0.25) is 0 Å². The highest BCUT2D eigenvalue weighted by Crippen LogP contribution is 2.35. The number of hydrogen-bond donors (Lipinski definition) is 2. The molecular formula is C17H9Cl2N3O2S2. The van der Waals surface area contributed by atoms with E-state index in [-0.39, 0.29) is 10.9 Å². The van der Waals surface area contributed by atoms with Crippen molar-refractivity contribution in [1.29, 1.82) is 0 Å². The minimum Gasteiger partial charge on any atom is -0.451 e. The predicted molar refractivity (Wildman–Crippen MR) is 110 cm³/mol. The Bertz CT molecular complexity index is 1140. The van der Waals surface area contributed by atoms with Crippen molar-refractivity contribution in [2.45, 2.75) is 0 Å². The van der Waals surface area contributed by atoms with E-state index in [9.17, 15) is 4.79 Å². The third-order valence-electron chi connectivity index (χ3n) is 3.55. The van der Waals surface area contributed by atoms with Crippen molar-refractivity contribution in [3.8, 4) is 0 Å². The molecule has 5 nitrogen and oxygen atoms in total. The molecule has 4 aromatic rings. The van der Waals surface area contributed by atoms with Gasteiger partial charge in [0, 0.05) is 5.39 Å². The normalized spacial score (nSPS) is 11.0. The fraction of sp³-hybridized carbons (Fsp3) is 0. The number of para-hydroxylation sites is 1. The number of hydrogen-bond acceptors (Lipinski definition) is 5. The van der Waals surface area contributed by atoms with E-state index in [0.717, 1.165) is 10.1 Å². The smallest absolute Gasteiger partial charge is 0.293 e. The molecule has 0 bridgehead atoms. The van der Waals surface area contributed by atoms with Crippen LogP contribution in [0.5, 0.6) is 0 Å². The molecule has 1 amide bonds. The Labute approximate surface area is 166 Å². The molecule has 0 aliphatic heterocycles. The summed E-state index contributed by atoms with van der Waals surface area (Å²) in [4.78, 5) is 16.7. The lowest BCUT2D eigenvalue weighted by molar-refractivity contribution is 0.0953. The molecule has 0 aliphatic carbocycles. The Kier molecular flexibility index (Phi) is 4.54. The number of amides is 1. The minimum absolute atomic E-state index is 0.108. The highest BCUT2D eigenvalue weighted by molar-refractivity contribution is 7.80. The summed E-state index contributed by atoms with van der Waals surface area (Å²) in [7, 11) is 0. The van der Waals surface area contributed by atoms with Crippen molar-refractivity contribution >= 4 is 84.1 Å². The third-order valence-corrected chi connectivity index (χ3v) is 5.48. The van der Waals surface area contributed by atoms with E-state index in [1.54, 1.807) is 18.2 Å². The SMILES string of the molecule is O=C(NC(=S)Nc1nc2c(Cl)c(Cl)ccc2s1)c1cc2ccccc2o1. The van der Waals surface area contributed by atoms with Gasteiger partial charge in [-0.1, -0.05) is 52.7 Å². The van der Waals surface area contributed by atoms with Crippen molar-refractivity contribution in [3.05, 3.63) is 58.3 Å². The second-order valence-electron chi connectivity index (χ2n) is 5.28. The summed E-state index contributed by atoms with van der Waals surface area (Å²) in [5, 5.41) is 7.70. The van der Waals surface area contributed by atoms with E-state index in [1.165, 1.54) is 11.3 Å². The predicted octanol–water partition coefficient (Wildman–Crippen LogP) is 5.48. The van der Waals surface area contributed by atoms with Crippen LogP contribution in [-0.2, 0) is 0 Å². The largest absolute Gasteiger partial charge is 0.451 e. The van der Waals surface area contributed by atoms with E-state index in [0.29, 0.717) is 26.3 Å². The molecule has 0 spiro atoms. The number of benzene rings is 2. The summed E-state index contributed by atoms with van der Waals surface area (Å²) in [5.74, 6) is -0.268. The van der Waals surface area contributed by atoms with Gasteiger partial charge in [0.1, 0.15) is 11.1 Å². The molecular weight excluding hydrogens is 413 g/mol. The summed E-state index contributed by atoms with van der Waals surface area (Å²) in [6.45, 7) is 0. The Hall–Kier alpha value is -2.19. The first-order valence-corrected chi connectivity index (χ1v) is 9.35. The van der Waals surface area contributed by atoms with Crippen molar-refractivity contribution in [2.24, 2.45) is 0 Å². The minimum atomic E-state index is -0.444. The molecule has 0 atom stereocenters. The molecule has 0 unspecified atom stereocenters. The van der Waals surface area contributed by atoms with Crippen molar-refractivity contribution in [3.63, 3.8) is 0 Å². The number of carbonyl (C=O) groups is 1. The summed E-state index contributed by atoms with van der Waals surface area (Å²) in [6.07, 6.45) is 0. The van der Waals surface area contributed by atoms with Crippen LogP contribution in [0.1, 0.15) is 10.6 Å². The van der Waals surface area contributed by atoms with Crippen molar-refractivity contribution < 1.29 is 9.21 Å². The van der Waals surface area contributed by atoms with Gasteiger partial charge in [0.25, 0.3) is 5.91 Å². The van der Waals surface area contributed by atoms with Gasteiger partial charge in [0.15, 0.2) is 16.0 Å². The van der Waals surface area contributed by atoms with Gasteiger partial charge in [-0.15, -0.1) is 0 Å². The number of carbonyl (C=O) groups excluding carboxylic acids is 1.